The highest BCUT2D eigenvalue weighted by Gasteiger charge is 2.21. The van der Waals surface area contributed by atoms with Crippen LogP contribution in [0.1, 0.15) is 44.7 Å². The fourth-order valence-corrected chi connectivity index (χ4v) is 2.13. The van der Waals surface area contributed by atoms with Gasteiger partial charge in [0.1, 0.15) is 11.8 Å². The van der Waals surface area contributed by atoms with Gasteiger partial charge in [0, 0.05) is 6.04 Å². The maximum atomic E-state index is 11.8. The zero-order valence-corrected chi connectivity index (χ0v) is 12.8. The summed E-state index contributed by atoms with van der Waals surface area (Å²) in [6, 6.07) is 7.66. The molecule has 0 saturated heterocycles. The Morgan fingerprint density at radius 3 is 2.70 bits per heavy atom. The van der Waals surface area contributed by atoms with Crippen LogP contribution in [0.4, 0.5) is 0 Å². The lowest BCUT2D eigenvalue weighted by molar-refractivity contribution is -0.143. The monoisotopic (exact) mass is 279 g/mol. The van der Waals surface area contributed by atoms with E-state index in [1.807, 2.05) is 31.2 Å². The van der Waals surface area contributed by atoms with Gasteiger partial charge < -0.3 is 9.47 Å². The molecule has 1 aromatic rings. The number of hydrogen-bond acceptors (Lipinski definition) is 4. The van der Waals surface area contributed by atoms with Crippen molar-refractivity contribution in [2.75, 3.05) is 14.2 Å². The van der Waals surface area contributed by atoms with Crippen LogP contribution in [0.5, 0.6) is 5.75 Å². The smallest absolute Gasteiger partial charge is 0.322 e. The van der Waals surface area contributed by atoms with Crippen molar-refractivity contribution in [1.29, 1.82) is 0 Å². The van der Waals surface area contributed by atoms with E-state index >= 15 is 0 Å². The molecule has 0 aliphatic carbocycles. The highest BCUT2D eigenvalue weighted by Crippen LogP contribution is 2.20. The van der Waals surface area contributed by atoms with E-state index in [0.29, 0.717) is 0 Å². The predicted molar refractivity (Wildman–Crippen MR) is 79.9 cm³/mol. The number of carbonyl (C=O) groups excluding carboxylic acids is 1. The van der Waals surface area contributed by atoms with Crippen LogP contribution in [0.2, 0.25) is 0 Å². The van der Waals surface area contributed by atoms with E-state index in [9.17, 15) is 4.79 Å². The Kier molecular flexibility index (Phi) is 7.09. The summed E-state index contributed by atoms with van der Waals surface area (Å²) in [5, 5.41) is 3.34. The number of methoxy groups -OCH3 is 2. The number of benzene rings is 1. The van der Waals surface area contributed by atoms with Crippen molar-refractivity contribution in [3.63, 3.8) is 0 Å². The van der Waals surface area contributed by atoms with Crippen LogP contribution >= 0.6 is 0 Å². The number of rotatable bonds is 8. The molecule has 2 atom stereocenters. The van der Waals surface area contributed by atoms with Gasteiger partial charge in [0.2, 0.25) is 0 Å². The molecule has 1 unspecified atom stereocenters. The van der Waals surface area contributed by atoms with Crippen molar-refractivity contribution >= 4 is 5.97 Å². The lowest BCUT2D eigenvalue weighted by Gasteiger charge is -2.22. The van der Waals surface area contributed by atoms with Gasteiger partial charge in [-0.05, 0) is 31.0 Å². The summed E-state index contributed by atoms with van der Waals surface area (Å²) in [5.41, 5.74) is 1.09. The van der Waals surface area contributed by atoms with Gasteiger partial charge in [0.25, 0.3) is 0 Å². The maximum Gasteiger partial charge on any atom is 0.322 e. The molecule has 0 bridgehead atoms. The fraction of sp³-hybridized carbons (Fsp3) is 0.562. The maximum absolute atomic E-state index is 11.8. The lowest BCUT2D eigenvalue weighted by Crippen LogP contribution is -2.39. The molecule has 0 aliphatic heterocycles. The molecule has 0 spiro atoms. The van der Waals surface area contributed by atoms with E-state index in [0.717, 1.165) is 30.6 Å². The van der Waals surface area contributed by atoms with E-state index in [2.05, 4.69) is 12.2 Å². The summed E-state index contributed by atoms with van der Waals surface area (Å²) in [6.45, 7) is 4.15. The first-order chi connectivity index (χ1) is 9.62. The largest absolute Gasteiger partial charge is 0.497 e. The SMILES string of the molecule is CCCCC(N[C@@H](C)c1cccc(OC)c1)C(=O)OC. The molecule has 0 aromatic heterocycles. The summed E-state index contributed by atoms with van der Waals surface area (Å²) >= 11 is 0. The van der Waals surface area contributed by atoms with E-state index in [4.69, 9.17) is 9.47 Å². The second-order valence-corrected chi connectivity index (χ2v) is 4.88. The third-order valence-electron chi connectivity index (χ3n) is 3.38. The quantitative estimate of drug-likeness (QED) is 0.743. The fourth-order valence-electron chi connectivity index (χ4n) is 2.13. The third kappa shape index (κ3) is 4.85. The van der Waals surface area contributed by atoms with Crippen LogP contribution in [0.3, 0.4) is 0 Å². The topological polar surface area (TPSA) is 47.6 Å². The molecule has 0 radical (unpaired) electrons. The van der Waals surface area contributed by atoms with Gasteiger partial charge >= 0.3 is 5.97 Å². The third-order valence-corrected chi connectivity index (χ3v) is 3.38. The zero-order valence-electron chi connectivity index (χ0n) is 12.8. The molecule has 1 aromatic carbocycles. The molecule has 1 N–H and O–H groups in total. The first-order valence-electron chi connectivity index (χ1n) is 7.10. The molecule has 0 aliphatic rings. The van der Waals surface area contributed by atoms with Crippen LogP contribution in [-0.2, 0) is 9.53 Å². The number of esters is 1. The molecule has 4 heteroatoms. The summed E-state index contributed by atoms with van der Waals surface area (Å²) < 4.78 is 10.1. The average Bonchev–Trinajstić information content (AvgIpc) is 2.50. The van der Waals surface area contributed by atoms with E-state index in [1.54, 1.807) is 7.11 Å². The Balaban J connectivity index is 2.73. The van der Waals surface area contributed by atoms with Gasteiger partial charge in [-0.15, -0.1) is 0 Å². The molecule has 0 amide bonds. The number of hydrogen-bond donors (Lipinski definition) is 1. The molecule has 1 rings (SSSR count). The molecule has 112 valence electrons. The molecule has 0 heterocycles. The summed E-state index contributed by atoms with van der Waals surface area (Å²) in [4.78, 5) is 11.8. The van der Waals surface area contributed by atoms with Crippen molar-refractivity contribution in [2.24, 2.45) is 0 Å². The van der Waals surface area contributed by atoms with Crippen LogP contribution in [0.15, 0.2) is 24.3 Å². The van der Waals surface area contributed by atoms with Crippen molar-refractivity contribution in [1.82, 2.24) is 5.32 Å². The molecule has 0 saturated carbocycles. The van der Waals surface area contributed by atoms with Crippen LogP contribution in [-0.4, -0.2) is 26.2 Å². The predicted octanol–water partition coefficient (Wildman–Crippen LogP) is 3.08. The van der Waals surface area contributed by atoms with Gasteiger partial charge in [0.15, 0.2) is 0 Å². The van der Waals surface area contributed by atoms with Gasteiger partial charge in [0.05, 0.1) is 14.2 Å². The zero-order chi connectivity index (χ0) is 15.0. The van der Waals surface area contributed by atoms with Crippen molar-refractivity contribution in [3.8, 4) is 5.75 Å². The number of nitrogens with one attached hydrogen (secondary N) is 1. The Hall–Kier alpha value is -1.55. The summed E-state index contributed by atoms with van der Waals surface area (Å²) in [7, 11) is 3.08. The minimum absolute atomic E-state index is 0.0612. The number of carbonyl (C=O) groups is 1. The number of ether oxygens (including phenoxy) is 2. The lowest BCUT2D eigenvalue weighted by atomic mass is 10.0. The first-order valence-corrected chi connectivity index (χ1v) is 7.10. The molecular formula is C16H25NO3. The van der Waals surface area contributed by atoms with Crippen molar-refractivity contribution in [3.05, 3.63) is 29.8 Å². The Morgan fingerprint density at radius 2 is 2.10 bits per heavy atom. The van der Waals surface area contributed by atoms with Crippen LogP contribution < -0.4 is 10.1 Å². The Morgan fingerprint density at radius 1 is 1.35 bits per heavy atom. The molecular weight excluding hydrogens is 254 g/mol. The molecule has 0 fully saturated rings. The van der Waals surface area contributed by atoms with Crippen molar-refractivity contribution < 1.29 is 14.3 Å². The minimum Gasteiger partial charge on any atom is -0.497 e. The second kappa shape index (κ2) is 8.59. The van der Waals surface area contributed by atoms with Crippen LogP contribution in [0.25, 0.3) is 0 Å². The van der Waals surface area contributed by atoms with Crippen LogP contribution in [0, 0.1) is 0 Å². The van der Waals surface area contributed by atoms with Gasteiger partial charge in [-0.25, -0.2) is 0 Å². The molecule has 20 heavy (non-hydrogen) atoms. The van der Waals surface area contributed by atoms with E-state index in [1.165, 1.54) is 7.11 Å². The Bertz CT molecular complexity index is 420. The summed E-state index contributed by atoms with van der Waals surface area (Å²) in [6.07, 6.45) is 2.85. The summed E-state index contributed by atoms with van der Waals surface area (Å²) in [5.74, 6) is 0.618. The van der Waals surface area contributed by atoms with E-state index < -0.39 is 0 Å². The standard InChI is InChI=1S/C16H25NO3/c1-5-6-10-15(16(18)20-4)17-12(2)13-8-7-9-14(11-13)19-3/h7-9,11-12,15,17H,5-6,10H2,1-4H3/t12-,15?/m0/s1. The second-order valence-electron chi connectivity index (χ2n) is 4.88. The normalized spacial score (nSPS) is 13.6. The molecule has 4 nitrogen and oxygen atoms in total. The Labute approximate surface area is 121 Å². The van der Waals surface area contributed by atoms with Gasteiger partial charge in [-0.2, -0.15) is 0 Å². The number of unbranched alkanes of at least 4 members (excludes halogenated alkanes) is 1. The minimum atomic E-state index is -0.263. The average molecular weight is 279 g/mol. The van der Waals surface area contributed by atoms with Crippen molar-refractivity contribution in [2.45, 2.75) is 45.2 Å². The highest BCUT2D eigenvalue weighted by molar-refractivity contribution is 5.75. The van der Waals surface area contributed by atoms with Gasteiger partial charge in [-0.3, -0.25) is 10.1 Å². The van der Waals surface area contributed by atoms with Gasteiger partial charge in [-0.1, -0.05) is 31.9 Å². The van der Waals surface area contributed by atoms with E-state index in [-0.39, 0.29) is 18.1 Å². The highest BCUT2D eigenvalue weighted by atomic mass is 16.5. The first kappa shape index (κ1) is 16.5.